The molecule has 0 aromatic heterocycles. The molecule has 0 aliphatic carbocycles. The first-order chi connectivity index (χ1) is 8.35. The van der Waals surface area contributed by atoms with E-state index in [0.29, 0.717) is 6.54 Å². The number of hydrogen-bond donors (Lipinski definition) is 1. The molecule has 1 atom stereocenters. The van der Waals surface area contributed by atoms with Crippen molar-refractivity contribution in [3.63, 3.8) is 0 Å². The third-order valence-corrected chi connectivity index (χ3v) is 3.62. The largest absolute Gasteiger partial charge is 0.480 e. The molecule has 1 aromatic carbocycles. The van der Waals surface area contributed by atoms with Gasteiger partial charge in [0.25, 0.3) is 0 Å². The number of aliphatic carboxylic acids is 1. The van der Waals surface area contributed by atoms with E-state index in [1.165, 1.54) is 0 Å². The van der Waals surface area contributed by atoms with Crippen molar-refractivity contribution in [3.05, 3.63) is 35.4 Å². The highest BCUT2D eigenvalue weighted by atomic mass is 16.4. The molecule has 0 amide bonds. The minimum atomic E-state index is -0.978. The van der Waals surface area contributed by atoms with Crippen LogP contribution in [-0.2, 0) is 10.3 Å². The zero-order chi connectivity index (χ0) is 13.9. The molecule has 0 saturated carbocycles. The molecule has 1 N–H and O–H groups in total. The van der Waals surface area contributed by atoms with Crippen LogP contribution in [0.15, 0.2) is 24.3 Å². The standard InChI is InChI=1S/C15H23NO2/c1-6-16(11(2)3)15(5,14(17)18)13-10-8-7-9-12(13)4/h7-11H,6H2,1-5H3,(H,17,18). The summed E-state index contributed by atoms with van der Waals surface area (Å²) in [5, 5.41) is 9.72. The molecule has 0 aliphatic rings. The number of nitrogens with zero attached hydrogens (tertiary/aromatic N) is 1. The molecule has 1 rings (SSSR count). The van der Waals surface area contributed by atoms with E-state index in [4.69, 9.17) is 0 Å². The molecular formula is C15H23NO2. The maximum Gasteiger partial charge on any atom is 0.328 e. The Labute approximate surface area is 109 Å². The Balaban J connectivity index is 3.41. The highest BCUT2D eigenvalue weighted by Crippen LogP contribution is 2.32. The van der Waals surface area contributed by atoms with Crippen molar-refractivity contribution in [1.29, 1.82) is 0 Å². The van der Waals surface area contributed by atoms with Gasteiger partial charge in [-0.3, -0.25) is 4.90 Å². The second-order valence-electron chi connectivity index (χ2n) is 5.07. The summed E-state index contributed by atoms with van der Waals surface area (Å²) in [6.45, 7) is 10.5. The van der Waals surface area contributed by atoms with Gasteiger partial charge < -0.3 is 5.11 Å². The SMILES string of the molecule is CCN(C(C)C)C(C)(C(=O)O)c1ccccc1C. The number of likely N-dealkylation sites (N-methyl/N-ethyl adjacent to an activating group) is 1. The van der Waals surface area contributed by atoms with Crippen molar-refractivity contribution in [2.75, 3.05) is 6.54 Å². The number of carboxylic acid groups (broad SMARTS) is 1. The van der Waals surface area contributed by atoms with Crippen LogP contribution < -0.4 is 0 Å². The maximum atomic E-state index is 11.8. The van der Waals surface area contributed by atoms with E-state index in [1.807, 2.05) is 56.9 Å². The highest BCUT2D eigenvalue weighted by Gasteiger charge is 2.42. The van der Waals surface area contributed by atoms with Gasteiger partial charge in [-0.05, 0) is 45.4 Å². The van der Waals surface area contributed by atoms with Crippen molar-refractivity contribution in [3.8, 4) is 0 Å². The van der Waals surface area contributed by atoms with E-state index in [-0.39, 0.29) is 6.04 Å². The van der Waals surface area contributed by atoms with Crippen LogP contribution in [0, 0.1) is 6.92 Å². The lowest BCUT2D eigenvalue weighted by Crippen LogP contribution is -2.53. The summed E-state index contributed by atoms with van der Waals surface area (Å²) in [5.74, 6) is -0.799. The van der Waals surface area contributed by atoms with E-state index in [0.717, 1.165) is 11.1 Å². The van der Waals surface area contributed by atoms with Crippen molar-refractivity contribution >= 4 is 5.97 Å². The van der Waals surface area contributed by atoms with E-state index in [9.17, 15) is 9.90 Å². The van der Waals surface area contributed by atoms with E-state index >= 15 is 0 Å². The van der Waals surface area contributed by atoms with Crippen LogP contribution in [0.3, 0.4) is 0 Å². The van der Waals surface area contributed by atoms with Gasteiger partial charge in [-0.25, -0.2) is 4.79 Å². The molecule has 0 radical (unpaired) electrons. The molecule has 3 nitrogen and oxygen atoms in total. The first kappa shape index (κ1) is 14.7. The molecule has 0 spiro atoms. The zero-order valence-corrected chi connectivity index (χ0v) is 11.9. The molecule has 0 heterocycles. The minimum absolute atomic E-state index is 0.177. The molecule has 0 fully saturated rings. The normalized spacial score (nSPS) is 14.8. The van der Waals surface area contributed by atoms with Crippen molar-refractivity contribution < 1.29 is 9.90 Å². The molecule has 3 heteroatoms. The van der Waals surface area contributed by atoms with Crippen LogP contribution in [0.4, 0.5) is 0 Å². The second kappa shape index (κ2) is 5.53. The van der Waals surface area contributed by atoms with Gasteiger partial charge in [0.05, 0.1) is 0 Å². The lowest BCUT2D eigenvalue weighted by Gasteiger charge is -2.41. The minimum Gasteiger partial charge on any atom is -0.480 e. The number of hydrogen-bond acceptors (Lipinski definition) is 2. The third kappa shape index (κ3) is 2.41. The van der Waals surface area contributed by atoms with Crippen LogP contribution >= 0.6 is 0 Å². The van der Waals surface area contributed by atoms with E-state index < -0.39 is 11.5 Å². The molecule has 0 saturated heterocycles. The smallest absolute Gasteiger partial charge is 0.328 e. The Morgan fingerprint density at radius 1 is 1.39 bits per heavy atom. The van der Waals surface area contributed by atoms with Crippen LogP contribution in [-0.4, -0.2) is 28.6 Å². The molecule has 0 bridgehead atoms. The number of carboxylic acids is 1. The number of carbonyl (C=O) groups is 1. The van der Waals surface area contributed by atoms with Crippen LogP contribution in [0.5, 0.6) is 0 Å². The molecule has 18 heavy (non-hydrogen) atoms. The maximum absolute atomic E-state index is 11.8. The summed E-state index contributed by atoms with van der Waals surface area (Å²) in [5.41, 5.74) is 0.906. The average molecular weight is 249 g/mol. The topological polar surface area (TPSA) is 40.5 Å². The quantitative estimate of drug-likeness (QED) is 0.872. The van der Waals surface area contributed by atoms with Crippen molar-refractivity contribution in [2.24, 2.45) is 0 Å². The molecular weight excluding hydrogens is 226 g/mol. The fourth-order valence-corrected chi connectivity index (χ4v) is 2.71. The first-order valence-electron chi connectivity index (χ1n) is 6.41. The van der Waals surface area contributed by atoms with Gasteiger partial charge in [0.1, 0.15) is 5.54 Å². The second-order valence-corrected chi connectivity index (χ2v) is 5.07. The van der Waals surface area contributed by atoms with Gasteiger partial charge >= 0.3 is 5.97 Å². The Bertz CT molecular complexity index is 428. The fourth-order valence-electron chi connectivity index (χ4n) is 2.71. The van der Waals surface area contributed by atoms with Gasteiger partial charge in [0.15, 0.2) is 0 Å². The predicted molar refractivity (Wildman–Crippen MR) is 73.7 cm³/mol. The monoisotopic (exact) mass is 249 g/mol. The lowest BCUT2D eigenvalue weighted by atomic mass is 9.86. The Kier molecular flexibility index (Phi) is 4.52. The van der Waals surface area contributed by atoms with E-state index in [1.54, 1.807) is 6.92 Å². The Morgan fingerprint density at radius 3 is 2.33 bits per heavy atom. The molecule has 100 valence electrons. The predicted octanol–water partition coefficient (Wildman–Crippen LogP) is 3.03. The van der Waals surface area contributed by atoms with Crippen molar-refractivity contribution in [1.82, 2.24) is 4.90 Å². The zero-order valence-electron chi connectivity index (χ0n) is 11.9. The van der Waals surface area contributed by atoms with Gasteiger partial charge in [0, 0.05) is 6.04 Å². The summed E-state index contributed by atoms with van der Waals surface area (Å²) >= 11 is 0. The average Bonchev–Trinajstić information content (AvgIpc) is 2.29. The Hall–Kier alpha value is -1.35. The molecule has 1 aromatic rings. The number of benzene rings is 1. The number of rotatable bonds is 5. The molecule has 1 unspecified atom stereocenters. The lowest BCUT2D eigenvalue weighted by molar-refractivity contribution is -0.152. The summed E-state index contributed by atoms with van der Waals surface area (Å²) < 4.78 is 0. The van der Waals surface area contributed by atoms with Crippen LogP contribution in [0.2, 0.25) is 0 Å². The number of aryl methyl sites for hydroxylation is 1. The third-order valence-electron chi connectivity index (χ3n) is 3.62. The molecule has 0 aliphatic heterocycles. The van der Waals surface area contributed by atoms with Gasteiger partial charge in [-0.15, -0.1) is 0 Å². The van der Waals surface area contributed by atoms with Crippen LogP contribution in [0.25, 0.3) is 0 Å². The summed E-state index contributed by atoms with van der Waals surface area (Å²) in [6.07, 6.45) is 0. The highest BCUT2D eigenvalue weighted by molar-refractivity contribution is 5.81. The summed E-state index contributed by atoms with van der Waals surface area (Å²) in [6, 6.07) is 7.89. The van der Waals surface area contributed by atoms with Crippen LogP contribution in [0.1, 0.15) is 38.8 Å². The van der Waals surface area contributed by atoms with Gasteiger partial charge in [0.2, 0.25) is 0 Å². The summed E-state index contributed by atoms with van der Waals surface area (Å²) in [7, 11) is 0. The fraction of sp³-hybridized carbons (Fsp3) is 0.533. The Morgan fingerprint density at radius 2 is 1.94 bits per heavy atom. The van der Waals surface area contributed by atoms with Gasteiger partial charge in [-0.1, -0.05) is 31.2 Å². The van der Waals surface area contributed by atoms with Crippen molar-refractivity contribution in [2.45, 2.75) is 46.2 Å². The first-order valence-corrected chi connectivity index (χ1v) is 6.41. The van der Waals surface area contributed by atoms with E-state index in [2.05, 4.69) is 0 Å². The van der Waals surface area contributed by atoms with Gasteiger partial charge in [-0.2, -0.15) is 0 Å². The summed E-state index contributed by atoms with van der Waals surface area (Å²) in [4.78, 5) is 13.8.